The van der Waals surface area contributed by atoms with E-state index < -0.39 is 0 Å². The summed E-state index contributed by atoms with van der Waals surface area (Å²) in [5.41, 5.74) is 6.09. The summed E-state index contributed by atoms with van der Waals surface area (Å²) in [6.07, 6.45) is 4.18. The first-order chi connectivity index (χ1) is 9.72. The minimum absolute atomic E-state index is 1.10. The van der Waals surface area contributed by atoms with Crippen molar-refractivity contribution in [1.29, 1.82) is 0 Å². The molecule has 4 aromatic rings. The standard InChI is InChI=1S/C16H12BBrN2/c17-9-1-3-15-11(5-9)13(7-19-15)14-8-20-16-4-2-10(18)6-12(14)16/h1-8,19-20H,17H2. The number of hydrogen-bond donors (Lipinski definition) is 2. The predicted octanol–water partition coefficient (Wildman–Crippen LogP) is 3.34. The third-order valence-electron chi connectivity index (χ3n) is 3.77. The molecule has 20 heavy (non-hydrogen) atoms. The predicted molar refractivity (Wildman–Crippen MR) is 91.5 cm³/mol. The van der Waals surface area contributed by atoms with E-state index in [9.17, 15) is 0 Å². The van der Waals surface area contributed by atoms with Crippen molar-refractivity contribution < 1.29 is 0 Å². The smallest absolute Gasteiger partial charge is 0.139 e. The lowest BCUT2D eigenvalue weighted by Crippen LogP contribution is -1.99. The molecule has 0 bridgehead atoms. The summed E-state index contributed by atoms with van der Waals surface area (Å²) < 4.78 is 1.10. The Morgan fingerprint density at radius 2 is 1.40 bits per heavy atom. The summed E-state index contributed by atoms with van der Waals surface area (Å²) in [4.78, 5) is 6.71. The highest BCUT2D eigenvalue weighted by molar-refractivity contribution is 9.10. The lowest BCUT2D eigenvalue weighted by atomic mass is 9.93. The number of aromatic amines is 2. The van der Waals surface area contributed by atoms with Gasteiger partial charge in [0, 0.05) is 49.8 Å². The molecule has 96 valence electrons. The number of benzene rings is 2. The molecule has 0 saturated carbocycles. The molecule has 0 aliphatic rings. The second kappa shape index (κ2) is 4.28. The van der Waals surface area contributed by atoms with E-state index in [0.29, 0.717) is 0 Å². The maximum absolute atomic E-state index is 3.55. The number of halogens is 1. The lowest BCUT2D eigenvalue weighted by molar-refractivity contribution is 1.46. The van der Waals surface area contributed by atoms with Gasteiger partial charge in [0.2, 0.25) is 0 Å². The molecule has 4 rings (SSSR count). The SMILES string of the molecule is Bc1ccc2[nH]cc(-c3c[nH]c4ccc(Br)cc34)c2c1. The Bertz CT molecular complexity index is 858. The van der Waals surface area contributed by atoms with Crippen LogP contribution in [0.4, 0.5) is 0 Å². The molecule has 2 nitrogen and oxygen atoms in total. The fourth-order valence-electron chi connectivity index (χ4n) is 2.77. The molecule has 2 aromatic carbocycles. The van der Waals surface area contributed by atoms with Gasteiger partial charge in [-0.3, -0.25) is 0 Å². The molecule has 2 aromatic heterocycles. The van der Waals surface area contributed by atoms with Crippen LogP contribution in [0.15, 0.2) is 53.3 Å². The monoisotopic (exact) mass is 322 g/mol. The minimum atomic E-state index is 1.10. The van der Waals surface area contributed by atoms with E-state index in [-0.39, 0.29) is 0 Å². The van der Waals surface area contributed by atoms with Gasteiger partial charge >= 0.3 is 0 Å². The molecule has 0 atom stereocenters. The molecule has 4 heteroatoms. The zero-order valence-corrected chi connectivity index (χ0v) is 12.6. The highest BCUT2D eigenvalue weighted by Crippen LogP contribution is 2.34. The third kappa shape index (κ3) is 1.72. The molecular weight excluding hydrogens is 311 g/mol. The van der Waals surface area contributed by atoms with Crippen molar-refractivity contribution >= 4 is 51.0 Å². The first-order valence-electron chi connectivity index (χ1n) is 6.57. The van der Waals surface area contributed by atoms with Crippen LogP contribution in [0.25, 0.3) is 32.9 Å². The van der Waals surface area contributed by atoms with Crippen LogP contribution in [-0.2, 0) is 0 Å². The molecule has 2 N–H and O–H groups in total. The van der Waals surface area contributed by atoms with Crippen LogP contribution in [0.2, 0.25) is 0 Å². The second-order valence-corrected chi connectivity index (χ2v) is 6.06. The molecule has 0 unspecified atom stereocenters. The number of hydrogen-bond acceptors (Lipinski definition) is 0. The van der Waals surface area contributed by atoms with Gasteiger partial charge in [0.25, 0.3) is 0 Å². The van der Waals surface area contributed by atoms with Gasteiger partial charge in [0.1, 0.15) is 7.85 Å². The molecule has 0 fully saturated rings. The van der Waals surface area contributed by atoms with E-state index in [2.05, 4.69) is 82.5 Å². The molecule has 0 aliphatic carbocycles. The van der Waals surface area contributed by atoms with Crippen LogP contribution >= 0.6 is 15.9 Å². The molecule has 0 aliphatic heterocycles. The zero-order valence-electron chi connectivity index (χ0n) is 11.0. The summed E-state index contributed by atoms with van der Waals surface area (Å²) in [6.45, 7) is 0. The highest BCUT2D eigenvalue weighted by Gasteiger charge is 2.11. The van der Waals surface area contributed by atoms with Gasteiger partial charge in [0.05, 0.1) is 0 Å². The fraction of sp³-hybridized carbons (Fsp3) is 0. The topological polar surface area (TPSA) is 31.6 Å². The molecule has 0 amide bonds. The van der Waals surface area contributed by atoms with Gasteiger partial charge in [-0.15, -0.1) is 0 Å². The van der Waals surface area contributed by atoms with E-state index in [0.717, 1.165) is 9.99 Å². The Hall–Kier alpha value is -1.94. The van der Waals surface area contributed by atoms with Gasteiger partial charge in [0.15, 0.2) is 0 Å². The molecular formula is C16H12BBrN2. The van der Waals surface area contributed by atoms with E-state index in [1.807, 2.05) is 0 Å². The van der Waals surface area contributed by atoms with Gasteiger partial charge < -0.3 is 9.97 Å². The molecule has 2 heterocycles. The maximum Gasteiger partial charge on any atom is 0.139 e. The van der Waals surface area contributed by atoms with Gasteiger partial charge in [-0.1, -0.05) is 33.5 Å². The number of nitrogens with one attached hydrogen (secondary N) is 2. The van der Waals surface area contributed by atoms with Crippen LogP contribution in [-0.4, -0.2) is 17.8 Å². The van der Waals surface area contributed by atoms with E-state index in [1.54, 1.807) is 0 Å². The summed E-state index contributed by atoms with van der Waals surface area (Å²) in [7, 11) is 2.13. The summed E-state index contributed by atoms with van der Waals surface area (Å²) >= 11 is 3.55. The van der Waals surface area contributed by atoms with Crippen LogP contribution in [0.5, 0.6) is 0 Å². The summed E-state index contributed by atoms with van der Waals surface area (Å²) in [5, 5.41) is 2.51. The summed E-state index contributed by atoms with van der Waals surface area (Å²) in [5.74, 6) is 0. The van der Waals surface area contributed by atoms with Crippen molar-refractivity contribution in [2.45, 2.75) is 0 Å². The Morgan fingerprint density at radius 1 is 0.800 bits per heavy atom. The Labute approximate surface area is 125 Å². The molecule has 0 spiro atoms. The van der Waals surface area contributed by atoms with E-state index in [4.69, 9.17) is 0 Å². The number of H-pyrrole nitrogens is 2. The zero-order chi connectivity index (χ0) is 13.7. The van der Waals surface area contributed by atoms with Crippen LogP contribution in [0, 0.1) is 0 Å². The second-order valence-electron chi connectivity index (χ2n) is 5.14. The fourth-order valence-corrected chi connectivity index (χ4v) is 3.13. The molecule has 0 saturated heterocycles. The third-order valence-corrected chi connectivity index (χ3v) is 4.26. The molecule has 0 radical (unpaired) electrons. The van der Waals surface area contributed by atoms with Crippen molar-refractivity contribution in [2.24, 2.45) is 0 Å². The van der Waals surface area contributed by atoms with E-state index in [1.165, 1.54) is 32.9 Å². The lowest BCUT2D eigenvalue weighted by Gasteiger charge is -2.00. The van der Waals surface area contributed by atoms with Crippen LogP contribution < -0.4 is 5.46 Å². The average molecular weight is 323 g/mol. The van der Waals surface area contributed by atoms with Crippen molar-refractivity contribution in [2.75, 3.05) is 0 Å². The van der Waals surface area contributed by atoms with Gasteiger partial charge in [-0.2, -0.15) is 0 Å². The minimum Gasteiger partial charge on any atom is -0.361 e. The highest BCUT2D eigenvalue weighted by atomic mass is 79.9. The van der Waals surface area contributed by atoms with Crippen LogP contribution in [0.3, 0.4) is 0 Å². The number of rotatable bonds is 1. The van der Waals surface area contributed by atoms with Gasteiger partial charge in [-0.05, 0) is 24.3 Å². The summed E-state index contributed by atoms with van der Waals surface area (Å²) in [6, 6.07) is 12.8. The normalized spacial score (nSPS) is 11.4. The van der Waals surface area contributed by atoms with Crippen molar-refractivity contribution in [1.82, 2.24) is 9.97 Å². The van der Waals surface area contributed by atoms with Crippen molar-refractivity contribution in [3.63, 3.8) is 0 Å². The number of fused-ring (bicyclic) bond motifs is 2. The van der Waals surface area contributed by atoms with Crippen LogP contribution in [0.1, 0.15) is 0 Å². The maximum atomic E-state index is 3.55. The van der Waals surface area contributed by atoms with Gasteiger partial charge in [-0.25, -0.2) is 0 Å². The largest absolute Gasteiger partial charge is 0.361 e. The number of aromatic nitrogens is 2. The Kier molecular flexibility index (Phi) is 2.54. The Morgan fingerprint density at radius 3 is 2.10 bits per heavy atom. The quantitative estimate of drug-likeness (QED) is 0.504. The van der Waals surface area contributed by atoms with Crippen molar-refractivity contribution in [3.8, 4) is 11.1 Å². The van der Waals surface area contributed by atoms with Crippen molar-refractivity contribution in [3.05, 3.63) is 53.3 Å². The Balaban J connectivity index is 2.06. The average Bonchev–Trinajstić information content (AvgIpc) is 3.01. The van der Waals surface area contributed by atoms with E-state index >= 15 is 0 Å². The first kappa shape index (κ1) is 11.9. The first-order valence-corrected chi connectivity index (χ1v) is 7.36.